The number of aromatic nitrogens is 1. The van der Waals surface area contributed by atoms with Crippen molar-refractivity contribution in [1.82, 2.24) is 4.57 Å². The molecule has 0 spiro atoms. The maximum atomic E-state index is 11.0. The van der Waals surface area contributed by atoms with Crippen molar-refractivity contribution in [3.63, 3.8) is 0 Å². The van der Waals surface area contributed by atoms with Crippen molar-refractivity contribution in [1.29, 1.82) is 0 Å². The van der Waals surface area contributed by atoms with E-state index in [-0.39, 0.29) is 5.88 Å². The minimum absolute atomic E-state index is 0.0863. The van der Waals surface area contributed by atoms with Gasteiger partial charge in [0.25, 0.3) is 0 Å². The third-order valence-electron chi connectivity index (χ3n) is 2.01. The van der Waals surface area contributed by atoms with Gasteiger partial charge in [-0.1, -0.05) is 6.92 Å². The molecule has 0 bridgehead atoms. The Morgan fingerprint density at radius 1 is 1.77 bits per heavy atom. The molecule has 0 aliphatic carbocycles. The molecule has 0 aromatic carbocycles. The molecule has 72 valence electrons. The summed E-state index contributed by atoms with van der Waals surface area (Å²) in [5, 5.41) is 9.44. The van der Waals surface area contributed by atoms with Crippen LogP contribution in [0.3, 0.4) is 0 Å². The first-order valence-electron chi connectivity index (χ1n) is 4.23. The molecule has 0 saturated carbocycles. The number of aromatic hydroxyl groups is 1. The van der Waals surface area contributed by atoms with E-state index in [1.165, 1.54) is 4.57 Å². The van der Waals surface area contributed by atoms with Crippen LogP contribution >= 0.6 is 0 Å². The van der Waals surface area contributed by atoms with Crippen LogP contribution in [0.5, 0.6) is 5.88 Å². The molecule has 0 saturated heterocycles. The van der Waals surface area contributed by atoms with Gasteiger partial charge in [0, 0.05) is 12.3 Å². The van der Waals surface area contributed by atoms with Gasteiger partial charge in [-0.25, -0.2) is 0 Å². The first-order chi connectivity index (χ1) is 6.06. The van der Waals surface area contributed by atoms with Crippen LogP contribution in [0.1, 0.15) is 24.9 Å². The molecule has 1 atom stereocenters. The second kappa shape index (κ2) is 3.51. The second-order valence-electron chi connectivity index (χ2n) is 3.11. The zero-order valence-corrected chi connectivity index (χ0v) is 7.82. The summed E-state index contributed by atoms with van der Waals surface area (Å²) in [5.74, 6) is -0.337. The van der Waals surface area contributed by atoms with Gasteiger partial charge in [-0.15, -0.1) is 0 Å². The quantitative estimate of drug-likeness (QED) is 0.730. The average molecular weight is 182 g/mol. The number of primary amides is 1. The number of carbonyl (C=O) groups is 1. The Hall–Kier alpha value is -1.45. The standard InChI is InChI=1S/C9H14N2O2/c1-3-7(9(10)13)11-5-6(2)4-8(11)12/h4-5,7,12H,3H2,1-2H3,(H2,10,13)/t7-/m0/s1. The van der Waals surface area contributed by atoms with Crippen molar-refractivity contribution in [2.75, 3.05) is 0 Å². The van der Waals surface area contributed by atoms with E-state index in [4.69, 9.17) is 5.73 Å². The van der Waals surface area contributed by atoms with Crippen LogP contribution in [0.4, 0.5) is 0 Å². The van der Waals surface area contributed by atoms with Crippen LogP contribution in [0, 0.1) is 6.92 Å². The van der Waals surface area contributed by atoms with E-state index in [0.717, 1.165) is 5.56 Å². The molecule has 1 rings (SSSR count). The molecule has 1 heterocycles. The summed E-state index contributed by atoms with van der Waals surface area (Å²) in [4.78, 5) is 11.0. The number of nitrogens with zero attached hydrogens (tertiary/aromatic N) is 1. The van der Waals surface area contributed by atoms with Crippen molar-refractivity contribution in [2.24, 2.45) is 5.73 Å². The van der Waals surface area contributed by atoms with E-state index in [9.17, 15) is 9.90 Å². The Morgan fingerprint density at radius 2 is 2.38 bits per heavy atom. The van der Waals surface area contributed by atoms with Gasteiger partial charge in [-0.05, 0) is 18.9 Å². The molecule has 0 fully saturated rings. The first-order valence-corrected chi connectivity index (χ1v) is 4.23. The molecule has 0 unspecified atom stereocenters. The fourth-order valence-corrected chi connectivity index (χ4v) is 1.39. The topological polar surface area (TPSA) is 68.2 Å². The summed E-state index contributed by atoms with van der Waals surface area (Å²) in [5.41, 5.74) is 6.10. The van der Waals surface area contributed by atoms with Gasteiger partial charge >= 0.3 is 0 Å². The molecule has 1 aromatic rings. The largest absolute Gasteiger partial charge is 0.494 e. The normalized spacial score (nSPS) is 12.8. The molecular weight excluding hydrogens is 168 g/mol. The molecule has 4 heteroatoms. The van der Waals surface area contributed by atoms with Crippen LogP contribution in [0.2, 0.25) is 0 Å². The fourth-order valence-electron chi connectivity index (χ4n) is 1.39. The SMILES string of the molecule is CC[C@@H](C(N)=O)n1cc(C)cc1O. The lowest BCUT2D eigenvalue weighted by atomic mass is 10.2. The summed E-state index contributed by atoms with van der Waals surface area (Å²) in [6.45, 7) is 3.70. The third-order valence-corrected chi connectivity index (χ3v) is 2.01. The summed E-state index contributed by atoms with van der Waals surface area (Å²) < 4.78 is 1.50. The highest BCUT2D eigenvalue weighted by molar-refractivity contribution is 5.78. The third kappa shape index (κ3) is 1.83. The van der Waals surface area contributed by atoms with Crippen LogP contribution in [0.15, 0.2) is 12.3 Å². The molecule has 1 aromatic heterocycles. The predicted octanol–water partition coefficient (Wildman–Crippen LogP) is 0.939. The monoisotopic (exact) mass is 182 g/mol. The van der Waals surface area contributed by atoms with Gasteiger partial charge in [0.2, 0.25) is 5.91 Å². The van der Waals surface area contributed by atoms with Crippen LogP contribution in [-0.2, 0) is 4.79 Å². The molecule has 13 heavy (non-hydrogen) atoms. The lowest BCUT2D eigenvalue weighted by Crippen LogP contribution is -2.25. The zero-order chi connectivity index (χ0) is 10.0. The van der Waals surface area contributed by atoms with E-state index in [0.29, 0.717) is 6.42 Å². The van der Waals surface area contributed by atoms with Crippen molar-refractivity contribution in [2.45, 2.75) is 26.3 Å². The Balaban J connectivity index is 3.04. The van der Waals surface area contributed by atoms with Crippen LogP contribution in [0.25, 0.3) is 0 Å². The van der Waals surface area contributed by atoms with Gasteiger partial charge in [0.05, 0.1) is 0 Å². The van der Waals surface area contributed by atoms with Gasteiger partial charge in [0.15, 0.2) is 5.88 Å². The molecule has 1 amide bonds. The Labute approximate surface area is 77.0 Å². The van der Waals surface area contributed by atoms with Crippen molar-refractivity contribution in [3.05, 3.63) is 17.8 Å². The minimum atomic E-state index is -0.450. The maximum absolute atomic E-state index is 11.0. The highest BCUT2D eigenvalue weighted by atomic mass is 16.3. The summed E-state index contributed by atoms with van der Waals surface area (Å²) in [7, 11) is 0. The number of rotatable bonds is 3. The predicted molar refractivity (Wildman–Crippen MR) is 49.4 cm³/mol. The lowest BCUT2D eigenvalue weighted by molar-refractivity contribution is -0.121. The lowest BCUT2D eigenvalue weighted by Gasteiger charge is -2.13. The van der Waals surface area contributed by atoms with Gasteiger partial charge in [0.1, 0.15) is 6.04 Å². The highest BCUT2D eigenvalue weighted by Crippen LogP contribution is 2.22. The minimum Gasteiger partial charge on any atom is -0.494 e. The Morgan fingerprint density at radius 3 is 2.69 bits per heavy atom. The van der Waals surface area contributed by atoms with Crippen molar-refractivity contribution >= 4 is 5.91 Å². The molecule has 4 nitrogen and oxygen atoms in total. The van der Waals surface area contributed by atoms with Gasteiger partial charge in [-0.2, -0.15) is 0 Å². The number of carbonyl (C=O) groups excluding carboxylic acids is 1. The van der Waals surface area contributed by atoms with Crippen molar-refractivity contribution < 1.29 is 9.90 Å². The summed E-state index contributed by atoms with van der Waals surface area (Å²) in [6.07, 6.45) is 2.30. The smallest absolute Gasteiger partial charge is 0.240 e. The molecule has 3 N–H and O–H groups in total. The molecular formula is C9H14N2O2. The number of hydrogen-bond acceptors (Lipinski definition) is 2. The van der Waals surface area contributed by atoms with E-state index in [2.05, 4.69) is 0 Å². The Kier molecular flexibility index (Phi) is 2.60. The summed E-state index contributed by atoms with van der Waals surface area (Å²) >= 11 is 0. The van der Waals surface area contributed by atoms with Crippen molar-refractivity contribution in [3.8, 4) is 5.88 Å². The van der Waals surface area contributed by atoms with E-state index in [1.54, 1.807) is 12.3 Å². The number of hydrogen-bond donors (Lipinski definition) is 2. The highest BCUT2D eigenvalue weighted by Gasteiger charge is 2.17. The van der Waals surface area contributed by atoms with E-state index in [1.807, 2.05) is 13.8 Å². The van der Waals surface area contributed by atoms with Gasteiger partial charge < -0.3 is 15.4 Å². The molecule has 0 aliphatic heterocycles. The number of aryl methyl sites for hydroxylation is 1. The summed E-state index contributed by atoms with van der Waals surface area (Å²) in [6, 6.07) is 1.15. The Bertz CT molecular complexity index is 317. The maximum Gasteiger partial charge on any atom is 0.240 e. The van der Waals surface area contributed by atoms with Crippen LogP contribution in [-0.4, -0.2) is 15.6 Å². The number of nitrogens with two attached hydrogens (primary N) is 1. The second-order valence-corrected chi connectivity index (χ2v) is 3.11. The van der Waals surface area contributed by atoms with Gasteiger partial charge in [-0.3, -0.25) is 4.79 Å². The van der Waals surface area contributed by atoms with E-state index >= 15 is 0 Å². The van der Waals surface area contributed by atoms with Crippen LogP contribution < -0.4 is 5.73 Å². The fraction of sp³-hybridized carbons (Fsp3) is 0.444. The first kappa shape index (κ1) is 9.64. The molecule has 0 aliphatic rings. The molecule has 0 radical (unpaired) electrons. The van der Waals surface area contributed by atoms with E-state index < -0.39 is 11.9 Å². The number of amides is 1. The zero-order valence-electron chi connectivity index (χ0n) is 7.82. The average Bonchev–Trinajstić information content (AvgIpc) is 2.31.